The van der Waals surface area contributed by atoms with Gasteiger partial charge in [-0.15, -0.1) is 11.8 Å². The van der Waals surface area contributed by atoms with Crippen LogP contribution in [0.3, 0.4) is 0 Å². The third-order valence-electron chi connectivity index (χ3n) is 4.75. The third-order valence-corrected chi connectivity index (χ3v) is 5.84. The summed E-state index contributed by atoms with van der Waals surface area (Å²) < 4.78 is 5.01. The Hall–Kier alpha value is -3.52. The van der Waals surface area contributed by atoms with Gasteiger partial charge in [0, 0.05) is 22.8 Å². The van der Waals surface area contributed by atoms with Gasteiger partial charge in [0.2, 0.25) is 5.91 Å². The number of hydrogen-bond donors (Lipinski definition) is 2. The number of primary amides is 1. The normalized spacial score (nSPS) is 12.5. The molecule has 3 amide bonds. The van der Waals surface area contributed by atoms with E-state index in [-0.39, 0.29) is 17.6 Å². The van der Waals surface area contributed by atoms with Gasteiger partial charge in [-0.3, -0.25) is 14.4 Å². The summed E-state index contributed by atoms with van der Waals surface area (Å²) >= 11 is 1.23. The van der Waals surface area contributed by atoms with Crippen LogP contribution in [-0.4, -0.2) is 30.0 Å². The van der Waals surface area contributed by atoms with E-state index in [0.29, 0.717) is 34.7 Å². The molecule has 0 saturated carbocycles. The first-order valence-corrected chi connectivity index (χ1v) is 10.3. The Balaban J connectivity index is 1.50. The van der Waals surface area contributed by atoms with Crippen LogP contribution < -0.4 is 16.0 Å². The zero-order valence-electron chi connectivity index (χ0n) is 16.0. The van der Waals surface area contributed by atoms with Crippen LogP contribution in [0.5, 0.6) is 0 Å². The Morgan fingerprint density at radius 2 is 1.97 bits per heavy atom. The zero-order valence-corrected chi connectivity index (χ0v) is 16.8. The average molecular weight is 421 g/mol. The highest BCUT2D eigenvalue weighted by Gasteiger charge is 2.26. The maximum Gasteiger partial charge on any atom is 0.261 e. The first-order valence-electron chi connectivity index (χ1n) is 9.31. The van der Waals surface area contributed by atoms with Crippen LogP contribution in [-0.2, 0) is 11.2 Å². The molecule has 2 aromatic carbocycles. The predicted octanol–water partition coefficient (Wildman–Crippen LogP) is 3.31. The lowest BCUT2D eigenvalue weighted by molar-refractivity contribution is -0.115. The van der Waals surface area contributed by atoms with Crippen LogP contribution in [0.2, 0.25) is 0 Å². The Morgan fingerprint density at radius 3 is 2.73 bits per heavy atom. The number of furan rings is 1. The van der Waals surface area contributed by atoms with E-state index in [1.54, 1.807) is 41.3 Å². The van der Waals surface area contributed by atoms with Gasteiger partial charge >= 0.3 is 0 Å². The summed E-state index contributed by atoms with van der Waals surface area (Å²) in [5, 5.41) is 2.90. The smallest absolute Gasteiger partial charge is 0.261 e. The zero-order chi connectivity index (χ0) is 21.1. The minimum absolute atomic E-state index is 0.101. The number of carbonyl (C=O) groups is 3. The molecule has 1 aliphatic rings. The number of nitrogens with one attached hydrogen (secondary N) is 1. The second kappa shape index (κ2) is 8.46. The number of nitrogens with zero attached hydrogens (tertiary/aromatic N) is 1. The van der Waals surface area contributed by atoms with Crippen LogP contribution in [0, 0.1) is 0 Å². The molecule has 1 aromatic heterocycles. The van der Waals surface area contributed by atoms with Crippen molar-refractivity contribution in [2.24, 2.45) is 5.73 Å². The first-order chi connectivity index (χ1) is 14.5. The van der Waals surface area contributed by atoms with Gasteiger partial charge in [-0.1, -0.05) is 12.1 Å². The Bertz CT molecular complexity index is 1110. The van der Waals surface area contributed by atoms with Crippen LogP contribution in [0.1, 0.15) is 26.3 Å². The number of amides is 3. The number of benzene rings is 2. The molecule has 0 spiro atoms. The van der Waals surface area contributed by atoms with Gasteiger partial charge in [0.05, 0.1) is 23.1 Å². The summed E-state index contributed by atoms with van der Waals surface area (Å²) in [6, 6.07) is 14.2. The van der Waals surface area contributed by atoms with Gasteiger partial charge in [-0.05, 0) is 48.4 Å². The van der Waals surface area contributed by atoms with Gasteiger partial charge in [0.25, 0.3) is 11.8 Å². The van der Waals surface area contributed by atoms with Crippen molar-refractivity contribution >= 4 is 40.9 Å². The van der Waals surface area contributed by atoms with E-state index >= 15 is 0 Å². The van der Waals surface area contributed by atoms with E-state index in [0.717, 1.165) is 11.3 Å². The Kier molecular flexibility index (Phi) is 5.58. The number of thioether (sulfide) groups is 1. The van der Waals surface area contributed by atoms with E-state index < -0.39 is 5.91 Å². The van der Waals surface area contributed by atoms with E-state index in [4.69, 9.17) is 10.2 Å². The lowest BCUT2D eigenvalue weighted by Crippen LogP contribution is -2.28. The fraction of sp³-hybridized carbons (Fsp3) is 0.136. The van der Waals surface area contributed by atoms with Crippen molar-refractivity contribution in [3.8, 4) is 0 Å². The number of fused-ring (bicyclic) bond motifs is 1. The average Bonchev–Trinajstić information content (AvgIpc) is 3.42. The maximum atomic E-state index is 12.8. The molecule has 0 saturated heterocycles. The maximum absolute atomic E-state index is 12.8. The highest BCUT2D eigenvalue weighted by Crippen LogP contribution is 2.32. The first kappa shape index (κ1) is 19.8. The fourth-order valence-corrected chi connectivity index (χ4v) is 4.15. The van der Waals surface area contributed by atoms with E-state index in [1.165, 1.54) is 24.3 Å². The lowest BCUT2D eigenvalue weighted by atomic mass is 10.1. The largest absolute Gasteiger partial charge is 0.472 e. The van der Waals surface area contributed by atoms with E-state index in [9.17, 15) is 14.4 Å². The summed E-state index contributed by atoms with van der Waals surface area (Å²) in [7, 11) is 0. The number of nitrogens with two attached hydrogens (primary N) is 1. The summed E-state index contributed by atoms with van der Waals surface area (Å²) in [6.45, 7) is 0.573. The molecule has 0 radical (unpaired) electrons. The molecular formula is C22H19N3O4S. The second-order valence-electron chi connectivity index (χ2n) is 6.77. The second-order valence-corrected chi connectivity index (χ2v) is 7.78. The van der Waals surface area contributed by atoms with E-state index in [1.807, 2.05) is 12.1 Å². The van der Waals surface area contributed by atoms with Crippen molar-refractivity contribution in [3.05, 3.63) is 77.7 Å². The highest BCUT2D eigenvalue weighted by molar-refractivity contribution is 8.00. The lowest BCUT2D eigenvalue weighted by Gasteiger charge is -2.17. The topological polar surface area (TPSA) is 106 Å². The van der Waals surface area contributed by atoms with Crippen LogP contribution in [0.4, 0.5) is 11.4 Å². The summed E-state index contributed by atoms with van der Waals surface area (Å²) in [4.78, 5) is 38.9. The van der Waals surface area contributed by atoms with Crippen LogP contribution in [0.15, 0.2) is 70.4 Å². The van der Waals surface area contributed by atoms with E-state index in [2.05, 4.69) is 5.32 Å². The molecule has 0 fully saturated rings. The van der Waals surface area contributed by atoms with Crippen molar-refractivity contribution in [1.29, 1.82) is 0 Å². The Labute approximate surface area is 177 Å². The minimum Gasteiger partial charge on any atom is -0.472 e. The minimum atomic E-state index is -0.441. The fourth-order valence-electron chi connectivity index (χ4n) is 3.36. The molecule has 3 aromatic rings. The van der Waals surface area contributed by atoms with Crippen LogP contribution >= 0.6 is 11.8 Å². The molecule has 0 unspecified atom stereocenters. The standard InChI is InChI=1S/C22H19N3O4S/c23-20(26)13-30-19-4-2-1-3-17(19)21(27)24-16-5-6-18-14(11-16)7-9-25(18)22(28)15-8-10-29-12-15/h1-6,8,10-12H,7,9,13H2,(H2,23,26)(H,24,27). The summed E-state index contributed by atoms with van der Waals surface area (Å²) in [5.74, 6) is -0.723. The monoisotopic (exact) mass is 421 g/mol. The summed E-state index contributed by atoms with van der Waals surface area (Å²) in [6.07, 6.45) is 3.61. The SMILES string of the molecule is NC(=O)CSc1ccccc1C(=O)Nc1ccc2c(c1)CCN2C(=O)c1ccoc1. The molecule has 152 valence electrons. The number of anilines is 2. The molecule has 7 nitrogen and oxygen atoms in total. The third kappa shape index (κ3) is 4.08. The number of carbonyl (C=O) groups excluding carboxylic acids is 3. The Morgan fingerprint density at radius 1 is 1.13 bits per heavy atom. The molecule has 0 atom stereocenters. The quantitative estimate of drug-likeness (QED) is 0.594. The van der Waals surface area contributed by atoms with Crippen molar-refractivity contribution in [2.75, 3.05) is 22.5 Å². The molecule has 1 aliphatic heterocycles. The van der Waals surface area contributed by atoms with Gasteiger partial charge in [0.15, 0.2) is 0 Å². The van der Waals surface area contributed by atoms with Crippen LogP contribution in [0.25, 0.3) is 0 Å². The molecular weight excluding hydrogens is 402 g/mol. The van der Waals surface area contributed by atoms with Crippen molar-refractivity contribution in [2.45, 2.75) is 11.3 Å². The molecule has 8 heteroatoms. The number of hydrogen-bond acceptors (Lipinski definition) is 5. The van der Waals surface area contributed by atoms with Crippen molar-refractivity contribution < 1.29 is 18.8 Å². The van der Waals surface area contributed by atoms with Crippen molar-refractivity contribution in [1.82, 2.24) is 0 Å². The predicted molar refractivity (Wildman–Crippen MR) is 115 cm³/mol. The van der Waals surface area contributed by atoms with Gasteiger partial charge in [-0.2, -0.15) is 0 Å². The molecule has 0 bridgehead atoms. The van der Waals surface area contributed by atoms with Crippen molar-refractivity contribution in [3.63, 3.8) is 0 Å². The molecule has 3 N–H and O–H groups in total. The van der Waals surface area contributed by atoms with Gasteiger partial charge < -0.3 is 20.4 Å². The summed E-state index contributed by atoms with van der Waals surface area (Å²) in [5.41, 5.74) is 8.65. The van der Waals surface area contributed by atoms with Gasteiger partial charge in [-0.25, -0.2) is 0 Å². The molecule has 2 heterocycles. The van der Waals surface area contributed by atoms with Gasteiger partial charge in [0.1, 0.15) is 6.26 Å². The molecule has 30 heavy (non-hydrogen) atoms. The number of rotatable bonds is 6. The molecule has 0 aliphatic carbocycles. The highest BCUT2D eigenvalue weighted by atomic mass is 32.2. The molecule has 4 rings (SSSR count).